The van der Waals surface area contributed by atoms with Crippen LogP contribution in [0.2, 0.25) is 0 Å². The van der Waals surface area contributed by atoms with Gasteiger partial charge < -0.3 is 10.6 Å². The molecule has 3 aromatic rings. The van der Waals surface area contributed by atoms with Gasteiger partial charge in [0, 0.05) is 37.0 Å². The van der Waals surface area contributed by atoms with E-state index in [0.717, 1.165) is 5.56 Å². The van der Waals surface area contributed by atoms with Gasteiger partial charge >= 0.3 is 0 Å². The predicted octanol–water partition coefficient (Wildman–Crippen LogP) is 2.05. The molecule has 0 fully saturated rings. The van der Waals surface area contributed by atoms with Crippen LogP contribution in [0.4, 0.5) is 5.69 Å². The molecule has 0 aliphatic rings. The van der Waals surface area contributed by atoms with Crippen molar-refractivity contribution < 1.29 is 9.59 Å². The lowest BCUT2D eigenvalue weighted by molar-refractivity contribution is 0.0944. The van der Waals surface area contributed by atoms with Gasteiger partial charge in [-0.25, -0.2) is 4.98 Å². The number of hydrogen-bond donors (Lipinski definition) is 2. The first-order valence-corrected chi connectivity index (χ1v) is 7.57. The van der Waals surface area contributed by atoms with Gasteiger partial charge in [-0.15, -0.1) is 0 Å². The average Bonchev–Trinajstić information content (AvgIpc) is 2.68. The Bertz CT molecular complexity index is 852. The van der Waals surface area contributed by atoms with Crippen molar-refractivity contribution in [1.82, 2.24) is 20.3 Å². The second-order valence-corrected chi connectivity index (χ2v) is 5.17. The third-order valence-electron chi connectivity index (χ3n) is 3.38. The first-order valence-electron chi connectivity index (χ1n) is 7.57. The number of rotatable bonds is 5. The highest BCUT2D eigenvalue weighted by Gasteiger charge is 2.07. The SMILES string of the molecule is O=C(Nc1ccc(CNC(=O)c2cnccn2)cc1)c1cccnc1. The summed E-state index contributed by atoms with van der Waals surface area (Å²) in [4.78, 5) is 35.7. The zero-order valence-electron chi connectivity index (χ0n) is 13.2. The van der Waals surface area contributed by atoms with Crippen LogP contribution in [0.25, 0.3) is 0 Å². The van der Waals surface area contributed by atoms with Crippen molar-refractivity contribution in [2.45, 2.75) is 6.54 Å². The second-order valence-electron chi connectivity index (χ2n) is 5.17. The van der Waals surface area contributed by atoms with Crippen LogP contribution in [0, 0.1) is 0 Å². The number of carbonyl (C=O) groups is 2. The molecule has 3 rings (SSSR count). The van der Waals surface area contributed by atoms with Gasteiger partial charge in [-0.2, -0.15) is 0 Å². The highest BCUT2D eigenvalue weighted by atomic mass is 16.2. The lowest BCUT2D eigenvalue weighted by Gasteiger charge is -2.07. The van der Waals surface area contributed by atoms with Crippen molar-refractivity contribution in [3.63, 3.8) is 0 Å². The van der Waals surface area contributed by atoms with E-state index in [1.165, 1.54) is 24.8 Å². The second kappa shape index (κ2) is 7.78. The Hall–Kier alpha value is -3.61. The fourth-order valence-corrected chi connectivity index (χ4v) is 2.10. The molecule has 0 aliphatic carbocycles. The summed E-state index contributed by atoms with van der Waals surface area (Å²) in [5.74, 6) is -0.515. The molecule has 0 spiro atoms. The molecule has 0 atom stereocenters. The van der Waals surface area contributed by atoms with Gasteiger partial charge in [-0.05, 0) is 29.8 Å². The molecule has 124 valence electrons. The fourth-order valence-electron chi connectivity index (χ4n) is 2.10. The van der Waals surface area contributed by atoms with Gasteiger partial charge in [0.25, 0.3) is 11.8 Å². The standard InChI is InChI=1S/C18H15N5O2/c24-17(14-2-1-7-19-11-14)23-15-5-3-13(4-6-15)10-22-18(25)16-12-20-8-9-21-16/h1-9,11-12H,10H2,(H,22,25)(H,23,24). The fraction of sp³-hybridized carbons (Fsp3) is 0.0556. The molecule has 7 heteroatoms. The zero-order chi connectivity index (χ0) is 17.5. The van der Waals surface area contributed by atoms with Crippen LogP contribution in [0.15, 0.2) is 67.4 Å². The first kappa shape index (κ1) is 16.3. The molecule has 2 N–H and O–H groups in total. The van der Waals surface area contributed by atoms with E-state index < -0.39 is 0 Å². The molecule has 0 saturated carbocycles. The van der Waals surface area contributed by atoms with Crippen molar-refractivity contribution >= 4 is 17.5 Å². The third-order valence-corrected chi connectivity index (χ3v) is 3.38. The Labute approximate surface area is 144 Å². The minimum Gasteiger partial charge on any atom is -0.347 e. The van der Waals surface area contributed by atoms with Crippen LogP contribution >= 0.6 is 0 Å². The van der Waals surface area contributed by atoms with Crippen molar-refractivity contribution in [3.05, 3.63) is 84.2 Å². The van der Waals surface area contributed by atoms with E-state index in [2.05, 4.69) is 25.6 Å². The molecule has 1 aromatic carbocycles. The summed E-state index contributed by atoms with van der Waals surface area (Å²) in [5, 5.41) is 5.56. The van der Waals surface area contributed by atoms with Gasteiger partial charge in [0.15, 0.2) is 0 Å². The van der Waals surface area contributed by atoms with E-state index in [1.807, 2.05) is 12.1 Å². The number of carbonyl (C=O) groups excluding carboxylic acids is 2. The van der Waals surface area contributed by atoms with Crippen molar-refractivity contribution in [3.8, 4) is 0 Å². The summed E-state index contributed by atoms with van der Waals surface area (Å²) in [6.07, 6.45) is 7.50. The molecule has 0 bridgehead atoms. The lowest BCUT2D eigenvalue weighted by atomic mass is 10.2. The maximum absolute atomic E-state index is 12.0. The summed E-state index contributed by atoms with van der Waals surface area (Å²) in [5.41, 5.74) is 2.32. The molecule has 2 amide bonds. The highest BCUT2D eigenvalue weighted by Crippen LogP contribution is 2.11. The van der Waals surface area contributed by atoms with Gasteiger partial charge in [0.1, 0.15) is 5.69 Å². The van der Waals surface area contributed by atoms with Crippen molar-refractivity contribution in [2.24, 2.45) is 0 Å². The number of anilines is 1. The minimum atomic E-state index is -0.290. The summed E-state index contributed by atoms with van der Waals surface area (Å²) in [7, 11) is 0. The number of nitrogens with zero attached hydrogens (tertiary/aromatic N) is 3. The first-order chi connectivity index (χ1) is 12.2. The van der Waals surface area contributed by atoms with Crippen LogP contribution in [0.3, 0.4) is 0 Å². The molecule has 2 aromatic heterocycles. The minimum absolute atomic E-state index is 0.225. The topological polar surface area (TPSA) is 96.9 Å². The number of benzene rings is 1. The van der Waals surface area contributed by atoms with Crippen LogP contribution in [0.5, 0.6) is 0 Å². The van der Waals surface area contributed by atoms with E-state index in [9.17, 15) is 9.59 Å². The largest absolute Gasteiger partial charge is 0.347 e. The number of hydrogen-bond acceptors (Lipinski definition) is 5. The molecule has 0 saturated heterocycles. The van der Waals surface area contributed by atoms with Crippen molar-refractivity contribution in [1.29, 1.82) is 0 Å². The Morgan fingerprint density at radius 2 is 1.68 bits per heavy atom. The Kier molecular flexibility index (Phi) is 5.06. The van der Waals surface area contributed by atoms with Gasteiger partial charge in [0.2, 0.25) is 0 Å². The number of pyridine rings is 1. The predicted molar refractivity (Wildman–Crippen MR) is 91.8 cm³/mol. The molecule has 0 radical (unpaired) electrons. The van der Waals surface area contributed by atoms with E-state index in [-0.39, 0.29) is 17.5 Å². The average molecular weight is 333 g/mol. The summed E-state index contributed by atoms with van der Waals surface area (Å²) in [6, 6.07) is 10.6. The number of amides is 2. The number of aromatic nitrogens is 3. The monoisotopic (exact) mass is 333 g/mol. The van der Waals surface area contributed by atoms with Crippen molar-refractivity contribution in [2.75, 3.05) is 5.32 Å². The molecular weight excluding hydrogens is 318 g/mol. The van der Waals surface area contributed by atoms with Crippen LogP contribution < -0.4 is 10.6 Å². The Balaban J connectivity index is 1.55. The molecule has 2 heterocycles. The summed E-state index contributed by atoms with van der Waals surface area (Å²) in [6.45, 7) is 0.353. The molecule has 25 heavy (non-hydrogen) atoms. The molecule has 0 aliphatic heterocycles. The van der Waals surface area contributed by atoms with E-state index in [4.69, 9.17) is 0 Å². The Morgan fingerprint density at radius 3 is 2.36 bits per heavy atom. The Morgan fingerprint density at radius 1 is 0.880 bits per heavy atom. The van der Waals surface area contributed by atoms with E-state index in [0.29, 0.717) is 17.8 Å². The molecular formula is C18H15N5O2. The summed E-state index contributed by atoms with van der Waals surface area (Å²) < 4.78 is 0. The third kappa shape index (κ3) is 4.44. The molecule has 0 unspecified atom stereocenters. The zero-order valence-corrected chi connectivity index (χ0v) is 13.2. The smallest absolute Gasteiger partial charge is 0.271 e. The normalized spacial score (nSPS) is 10.1. The van der Waals surface area contributed by atoms with Gasteiger partial charge in [-0.1, -0.05) is 12.1 Å². The van der Waals surface area contributed by atoms with Gasteiger partial charge in [-0.3, -0.25) is 19.6 Å². The van der Waals surface area contributed by atoms with E-state index in [1.54, 1.807) is 30.5 Å². The van der Waals surface area contributed by atoms with E-state index >= 15 is 0 Å². The maximum atomic E-state index is 12.0. The maximum Gasteiger partial charge on any atom is 0.271 e. The lowest BCUT2D eigenvalue weighted by Crippen LogP contribution is -2.23. The number of nitrogens with one attached hydrogen (secondary N) is 2. The highest BCUT2D eigenvalue weighted by molar-refractivity contribution is 6.04. The van der Waals surface area contributed by atoms with Crippen LogP contribution in [0.1, 0.15) is 26.4 Å². The van der Waals surface area contributed by atoms with Crippen LogP contribution in [-0.2, 0) is 6.54 Å². The quantitative estimate of drug-likeness (QED) is 0.745. The summed E-state index contributed by atoms with van der Waals surface area (Å²) >= 11 is 0. The molecule has 7 nitrogen and oxygen atoms in total. The van der Waals surface area contributed by atoms with Gasteiger partial charge in [0.05, 0.1) is 11.8 Å². The van der Waals surface area contributed by atoms with Crippen LogP contribution in [-0.4, -0.2) is 26.8 Å².